The van der Waals surface area contributed by atoms with Crippen LogP contribution in [-0.2, 0) is 16.0 Å². The summed E-state index contributed by atoms with van der Waals surface area (Å²) in [6.07, 6.45) is 3.30. The average molecular weight is 482 g/mol. The van der Waals surface area contributed by atoms with Crippen LogP contribution in [0.25, 0.3) is 6.08 Å². The fraction of sp³-hybridized carbons (Fsp3) is 0.346. The minimum absolute atomic E-state index is 0.00787. The standard InChI is InChI=1S/C26H28ClN3O2S/c1-6-16-9-7-8-10-21(16)30-24(32)19(23(31)28-25(30)33)12-17-11-18-15(2)14-26(3,4)29(5)22(18)13-20(17)27/h7-13,15H,6,14H2,1-5H3,(H,28,31,33)/b19-12+/t15-/m0/s1. The summed E-state index contributed by atoms with van der Waals surface area (Å²) in [5.74, 6) is -0.655. The second-order valence-electron chi connectivity index (χ2n) is 9.35. The predicted octanol–water partition coefficient (Wildman–Crippen LogP) is 5.46. The Hall–Kier alpha value is -2.70. The highest BCUT2D eigenvalue weighted by atomic mass is 35.5. The fourth-order valence-corrected chi connectivity index (χ4v) is 5.26. The van der Waals surface area contributed by atoms with Crippen molar-refractivity contribution in [2.75, 3.05) is 16.8 Å². The molecule has 0 spiro atoms. The van der Waals surface area contributed by atoms with Gasteiger partial charge in [0.05, 0.1) is 5.69 Å². The van der Waals surface area contributed by atoms with Crippen molar-refractivity contribution in [1.29, 1.82) is 0 Å². The Morgan fingerprint density at radius 2 is 1.91 bits per heavy atom. The largest absolute Gasteiger partial charge is 0.369 e. The predicted molar refractivity (Wildman–Crippen MR) is 139 cm³/mol. The van der Waals surface area contributed by atoms with Crippen molar-refractivity contribution in [3.63, 3.8) is 0 Å². The van der Waals surface area contributed by atoms with Gasteiger partial charge in [-0.05, 0) is 85.8 Å². The molecular formula is C26H28ClN3O2S. The van der Waals surface area contributed by atoms with Gasteiger partial charge in [-0.2, -0.15) is 0 Å². The number of fused-ring (bicyclic) bond motifs is 1. The van der Waals surface area contributed by atoms with Crippen LogP contribution in [0.1, 0.15) is 56.7 Å². The van der Waals surface area contributed by atoms with Crippen molar-refractivity contribution in [1.82, 2.24) is 5.32 Å². The Morgan fingerprint density at radius 3 is 2.61 bits per heavy atom. The van der Waals surface area contributed by atoms with Gasteiger partial charge in [-0.3, -0.25) is 19.8 Å². The van der Waals surface area contributed by atoms with Gasteiger partial charge < -0.3 is 4.90 Å². The number of carbonyl (C=O) groups is 2. The maximum atomic E-state index is 13.5. The molecule has 172 valence electrons. The van der Waals surface area contributed by atoms with E-state index < -0.39 is 11.8 Å². The van der Waals surface area contributed by atoms with Gasteiger partial charge in [0.1, 0.15) is 5.57 Å². The number of aryl methyl sites for hydroxylation is 1. The molecule has 1 atom stereocenters. The molecule has 7 heteroatoms. The molecule has 2 amide bonds. The Balaban J connectivity index is 1.79. The number of anilines is 2. The second-order valence-corrected chi connectivity index (χ2v) is 10.1. The van der Waals surface area contributed by atoms with E-state index in [0.717, 1.165) is 29.7 Å². The van der Waals surface area contributed by atoms with Gasteiger partial charge in [0.25, 0.3) is 11.8 Å². The molecule has 2 aliphatic heterocycles. The number of rotatable bonds is 3. The molecule has 4 rings (SSSR count). The van der Waals surface area contributed by atoms with Crippen LogP contribution >= 0.6 is 23.8 Å². The van der Waals surface area contributed by atoms with Crippen molar-refractivity contribution in [3.05, 3.63) is 63.7 Å². The number of para-hydroxylation sites is 1. The Kier molecular flexibility index (Phi) is 6.10. The van der Waals surface area contributed by atoms with Crippen molar-refractivity contribution in [2.45, 2.75) is 52.0 Å². The minimum Gasteiger partial charge on any atom is -0.369 e. The molecule has 1 fully saturated rings. The number of halogens is 1. The smallest absolute Gasteiger partial charge is 0.270 e. The summed E-state index contributed by atoms with van der Waals surface area (Å²) in [6.45, 7) is 8.64. The number of thiocarbonyl (C=S) groups is 1. The van der Waals surface area contributed by atoms with Crippen LogP contribution in [0.4, 0.5) is 11.4 Å². The van der Waals surface area contributed by atoms with Crippen molar-refractivity contribution in [2.24, 2.45) is 0 Å². The third-order valence-electron chi connectivity index (χ3n) is 6.77. The lowest BCUT2D eigenvalue weighted by Gasteiger charge is -2.45. The van der Waals surface area contributed by atoms with E-state index >= 15 is 0 Å². The third-order valence-corrected chi connectivity index (χ3v) is 7.38. The summed E-state index contributed by atoms with van der Waals surface area (Å²) >= 11 is 12.0. The lowest BCUT2D eigenvalue weighted by Crippen LogP contribution is -2.54. The molecule has 2 aromatic rings. The molecule has 2 heterocycles. The number of carbonyl (C=O) groups excluding carboxylic acids is 2. The molecule has 5 nitrogen and oxygen atoms in total. The maximum Gasteiger partial charge on any atom is 0.270 e. The first-order valence-corrected chi connectivity index (χ1v) is 11.9. The van der Waals surface area contributed by atoms with Crippen molar-refractivity contribution in [3.8, 4) is 0 Å². The molecule has 0 bridgehead atoms. The molecule has 0 saturated carbocycles. The molecule has 0 aliphatic carbocycles. The molecule has 2 aromatic carbocycles. The quantitative estimate of drug-likeness (QED) is 0.359. The molecular weight excluding hydrogens is 454 g/mol. The SMILES string of the molecule is CCc1ccccc1N1C(=O)/C(=C/c2cc3c(cc2Cl)N(C)C(C)(C)C[C@@H]3C)C(=O)NC1=S. The van der Waals surface area contributed by atoms with Crippen LogP contribution in [0.3, 0.4) is 0 Å². The highest BCUT2D eigenvalue weighted by Gasteiger charge is 2.37. The highest BCUT2D eigenvalue weighted by molar-refractivity contribution is 7.80. The fourth-order valence-electron chi connectivity index (χ4n) is 4.77. The topological polar surface area (TPSA) is 52.7 Å². The Labute approximate surface area is 205 Å². The van der Waals surface area contributed by atoms with Gasteiger partial charge >= 0.3 is 0 Å². The summed E-state index contributed by atoms with van der Waals surface area (Å²) in [4.78, 5) is 29.9. The summed E-state index contributed by atoms with van der Waals surface area (Å²) in [7, 11) is 2.07. The van der Waals surface area contributed by atoms with E-state index in [1.165, 1.54) is 4.90 Å². The Morgan fingerprint density at radius 1 is 1.21 bits per heavy atom. The summed E-state index contributed by atoms with van der Waals surface area (Å²) in [5.41, 5.74) is 4.53. The minimum atomic E-state index is -0.518. The highest BCUT2D eigenvalue weighted by Crippen LogP contribution is 2.44. The summed E-state index contributed by atoms with van der Waals surface area (Å²) < 4.78 is 0. The molecule has 2 aliphatic rings. The van der Waals surface area contributed by atoms with E-state index in [1.807, 2.05) is 43.3 Å². The average Bonchev–Trinajstić information content (AvgIpc) is 2.75. The molecule has 0 aromatic heterocycles. The normalized spacial score (nSPS) is 21.3. The monoisotopic (exact) mass is 481 g/mol. The first-order valence-electron chi connectivity index (χ1n) is 11.1. The zero-order chi connectivity index (χ0) is 24.1. The lowest BCUT2D eigenvalue weighted by molar-refractivity contribution is -0.122. The van der Waals surface area contributed by atoms with Crippen LogP contribution < -0.4 is 15.1 Å². The maximum absolute atomic E-state index is 13.5. The van der Waals surface area contributed by atoms with Gasteiger partial charge in [-0.1, -0.05) is 43.6 Å². The number of nitrogens with one attached hydrogen (secondary N) is 1. The van der Waals surface area contributed by atoms with E-state index in [2.05, 4.69) is 38.0 Å². The van der Waals surface area contributed by atoms with Crippen LogP contribution in [0, 0.1) is 0 Å². The van der Waals surface area contributed by atoms with E-state index in [4.69, 9.17) is 23.8 Å². The third kappa shape index (κ3) is 4.06. The first kappa shape index (κ1) is 23.5. The van der Waals surface area contributed by atoms with Gasteiger partial charge in [0.15, 0.2) is 5.11 Å². The van der Waals surface area contributed by atoms with Gasteiger partial charge in [-0.25, -0.2) is 0 Å². The van der Waals surface area contributed by atoms with Crippen LogP contribution in [0.2, 0.25) is 5.02 Å². The Bertz CT molecular complexity index is 1200. The van der Waals surface area contributed by atoms with Crippen LogP contribution in [0.15, 0.2) is 42.0 Å². The van der Waals surface area contributed by atoms with Gasteiger partial charge in [-0.15, -0.1) is 0 Å². The van der Waals surface area contributed by atoms with Gasteiger partial charge in [0, 0.05) is 23.3 Å². The second kappa shape index (κ2) is 8.58. The number of nitrogens with zero attached hydrogens (tertiary/aromatic N) is 2. The molecule has 0 radical (unpaired) electrons. The van der Waals surface area contributed by atoms with Crippen molar-refractivity contribution >= 4 is 58.2 Å². The number of benzene rings is 2. The molecule has 1 saturated heterocycles. The van der Waals surface area contributed by atoms with E-state index in [0.29, 0.717) is 22.2 Å². The van der Waals surface area contributed by atoms with Crippen LogP contribution in [-0.4, -0.2) is 29.5 Å². The zero-order valence-corrected chi connectivity index (χ0v) is 21.1. The van der Waals surface area contributed by atoms with Crippen LogP contribution in [0.5, 0.6) is 0 Å². The molecule has 1 N–H and O–H groups in total. The van der Waals surface area contributed by atoms with E-state index in [-0.39, 0.29) is 16.2 Å². The number of amides is 2. The summed E-state index contributed by atoms with van der Waals surface area (Å²) in [6, 6.07) is 11.5. The van der Waals surface area contributed by atoms with E-state index in [9.17, 15) is 9.59 Å². The lowest BCUT2D eigenvalue weighted by atomic mass is 9.80. The first-order chi connectivity index (χ1) is 15.5. The van der Waals surface area contributed by atoms with E-state index in [1.54, 1.807) is 6.08 Å². The number of hydrogen-bond acceptors (Lipinski definition) is 4. The number of hydrogen-bond donors (Lipinski definition) is 1. The molecule has 0 unspecified atom stereocenters. The van der Waals surface area contributed by atoms with Gasteiger partial charge in [0.2, 0.25) is 0 Å². The van der Waals surface area contributed by atoms with Crippen molar-refractivity contribution < 1.29 is 9.59 Å². The zero-order valence-electron chi connectivity index (χ0n) is 19.5. The molecule has 33 heavy (non-hydrogen) atoms. The summed E-state index contributed by atoms with van der Waals surface area (Å²) in [5, 5.41) is 3.24.